The molecule has 15 heavy (non-hydrogen) atoms. The smallest absolute Gasteiger partial charge is 0.0726 e. The Labute approximate surface area is 99.3 Å². The number of hydrogen-bond donors (Lipinski definition) is 1. The Morgan fingerprint density at radius 3 is 2.67 bits per heavy atom. The molecule has 1 aliphatic rings. The minimum absolute atomic E-state index is 0.261. The normalized spacial score (nSPS) is 20.5. The molecule has 0 amide bonds. The molecular formula is C12H12Cl2O. The molecule has 1 aromatic carbocycles. The van der Waals surface area contributed by atoms with E-state index >= 15 is 0 Å². The van der Waals surface area contributed by atoms with Crippen LogP contribution in [-0.4, -0.2) is 11.2 Å². The average Bonchev–Trinajstić information content (AvgIpc) is 2.58. The molecule has 0 radical (unpaired) electrons. The van der Waals surface area contributed by atoms with Gasteiger partial charge in [-0.2, -0.15) is 0 Å². The van der Waals surface area contributed by atoms with Crippen molar-refractivity contribution >= 4 is 23.2 Å². The summed E-state index contributed by atoms with van der Waals surface area (Å²) < 4.78 is 0. The second-order valence-electron chi connectivity index (χ2n) is 3.86. The molecule has 0 saturated heterocycles. The summed E-state index contributed by atoms with van der Waals surface area (Å²) in [7, 11) is 0. The van der Waals surface area contributed by atoms with Gasteiger partial charge in [0.25, 0.3) is 0 Å². The first kappa shape index (κ1) is 11.0. The largest absolute Gasteiger partial charge is 0.389 e. The lowest BCUT2D eigenvalue weighted by Gasteiger charge is -2.03. The molecule has 1 aromatic rings. The van der Waals surface area contributed by atoms with Gasteiger partial charge >= 0.3 is 0 Å². The van der Waals surface area contributed by atoms with E-state index in [4.69, 9.17) is 23.2 Å². The highest BCUT2D eigenvalue weighted by Crippen LogP contribution is 2.26. The van der Waals surface area contributed by atoms with Crippen molar-refractivity contribution in [1.29, 1.82) is 0 Å². The van der Waals surface area contributed by atoms with Crippen LogP contribution < -0.4 is 0 Å². The van der Waals surface area contributed by atoms with E-state index < -0.39 is 0 Å². The van der Waals surface area contributed by atoms with Gasteiger partial charge in [-0.1, -0.05) is 40.9 Å². The Balaban J connectivity index is 2.11. The second-order valence-corrected chi connectivity index (χ2v) is 4.67. The molecule has 0 aromatic heterocycles. The molecule has 2 rings (SSSR count). The van der Waals surface area contributed by atoms with E-state index in [0.29, 0.717) is 10.0 Å². The van der Waals surface area contributed by atoms with Crippen LogP contribution in [-0.2, 0) is 6.42 Å². The number of aliphatic hydroxyl groups is 1. The Morgan fingerprint density at radius 1 is 1.27 bits per heavy atom. The van der Waals surface area contributed by atoms with Crippen LogP contribution >= 0.6 is 23.2 Å². The molecule has 1 aliphatic carbocycles. The van der Waals surface area contributed by atoms with E-state index in [9.17, 15) is 5.11 Å². The highest BCUT2D eigenvalue weighted by Gasteiger charge is 2.13. The van der Waals surface area contributed by atoms with E-state index in [2.05, 4.69) is 0 Å². The van der Waals surface area contributed by atoms with E-state index in [1.165, 1.54) is 5.57 Å². The van der Waals surface area contributed by atoms with Crippen molar-refractivity contribution in [2.45, 2.75) is 25.4 Å². The lowest BCUT2D eigenvalue weighted by atomic mass is 10.1. The van der Waals surface area contributed by atoms with Crippen LogP contribution in [0.25, 0.3) is 0 Å². The summed E-state index contributed by atoms with van der Waals surface area (Å²) in [5.41, 5.74) is 2.42. The summed E-state index contributed by atoms with van der Waals surface area (Å²) in [4.78, 5) is 0. The van der Waals surface area contributed by atoms with Crippen LogP contribution in [0.5, 0.6) is 0 Å². The van der Waals surface area contributed by atoms with Crippen LogP contribution in [0.3, 0.4) is 0 Å². The number of benzene rings is 1. The monoisotopic (exact) mass is 242 g/mol. The third kappa shape index (κ3) is 2.75. The molecule has 0 spiro atoms. The van der Waals surface area contributed by atoms with Crippen molar-refractivity contribution in [2.75, 3.05) is 0 Å². The third-order valence-corrected chi connectivity index (χ3v) is 3.34. The number of halogens is 2. The van der Waals surface area contributed by atoms with Crippen LogP contribution in [0.1, 0.15) is 18.4 Å². The van der Waals surface area contributed by atoms with Crippen molar-refractivity contribution in [3.63, 3.8) is 0 Å². The first-order valence-corrected chi connectivity index (χ1v) is 5.72. The summed E-state index contributed by atoms with van der Waals surface area (Å²) in [6.07, 6.45) is 4.34. The lowest BCUT2D eigenvalue weighted by Crippen LogP contribution is -1.93. The Hall–Kier alpha value is -0.500. The quantitative estimate of drug-likeness (QED) is 0.786. The van der Waals surface area contributed by atoms with Crippen molar-refractivity contribution in [2.24, 2.45) is 0 Å². The molecule has 1 N–H and O–H groups in total. The van der Waals surface area contributed by atoms with E-state index in [1.54, 1.807) is 0 Å². The van der Waals surface area contributed by atoms with Gasteiger partial charge in [0.15, 0.2) is 0 Å². The fourth-order valence-electron chi connectivity index (χ4n) is 1.83. The SMILES string of the molecule is OC1C=C(Cc2ccc(Cl)c(Cl)c2)CC1. The Bertz CT molecular complexity index is 399. The molecule has 0 heterocycles. The van der Waals surface area contributed by atoms with E-state index in [-0.39, 0.29) is 6.10 Å². The van der Waals surface area contributed by atoms with Crippen molar-refractivity contribution < 1.29 is 5.11 Å². The maximum Gasteiger partial charge on any atom is 0.0726 e. The van der Waals surface area contributed by atoms with Gasteiger partial charge < -0.3 is 5.11 Å². The third-order valence-electron chi connectivity index (χ3n) is 2.60. The molecule has 3 heteroatoms. The first-order chi connectivity index (χ1) is 7.15. The van der Waals surface area contributed by atoms with E-state index in [0.717, 1.165) is 24.8 Å². The van der Waals surface area contributed by atoms with Crippen molar-refractivity contribution in [1.82, 2.24) is 0 Å². The maximum absolute atomic E-state index is 9.35. The fourth-order valence-corrected chi connectivity index (χ4v) is 2.15. The van der Waals surface area contributed by atoms with Gasteiger partial charge in [0, 0.05) is 0 Å². The Kier molecular flexibility index (Phi) is 3.35. The molecule has 1 atom stereocenters. The highest BCUT2D eigenvalue weighted by molar-refractivity contribution is 6.42. The summed E-state index contributed by atoms with van der Waals surface area (Å²) in [5.74, 6) is 0. The van der Waals surface area contributed by atoms with Gasteiger partial charge in [0.2, 0.25) is 0 Å². The molecular weight excluding hydrogens is 231 g/mol. The topological polar surface area (TPSA) is 20.2 Å². The van der Waals surface area contributed by atoms with Crippen molar-refractivity contribution in [3.8, 4) is 0 Å². The van der Waals surface area contributed by atoms with Crippen LogP contribution in [0.15, 0.2) is 29.8 Å². The van der Waals surface area contributed by atoms with Crippen LogP contribution in [0.4, 0.5) is 0 Å². The summed E-state index contributed by atoms with van der Waals surface area (Å²) in [6, 6.07) is 5.67. The first-order valence-electron chi connectivity index (χ1n) is 4.97. The summed E-state index contributed by atoms with van der Waals surface area (Å²) >= 11 is 11.8. The molecule has 0 saturated carbocycles. The summed E-state index contributed by atoms with van der Waals surface area (Å²) in [5, 5.41) is 10.5. The van der Waals surface area contributed by atoms with E-state index in [1.807, 2.05) is 24.3 Å². The fraction of sp³-hybridized carbons (Fsp3) is 0.333. The number of aliphatic hydroxyl groups excluding tert-OH is 1. The number of rotatable bonds is 2. The lowest BCUT2D eigenvalue weighted by molar-refractivity contribution is 0.223. The zero-order chi connectivity index (χ0) is 10.8. The molecule has 1 unspecified atom stereocenters. The minimum Gasteiger partial charge on any atom is -0.389 e. The zero-order valence-electron chi connectivity index (χ0n) is 8.21. The minimum atomic E-state index is -0.261. The predicted molar refractivity (Wildman–Crippen MR) is 63.5 cm³/mol. The molecule has 0 bridgehead atoms. The maximum atomic E-state index is 9.35. The van der Waals surface area contributed by atoms with Crippen LogP contribution in [0, 0.1) is 0 Å². The Morgan fingerprint density at radius 2 is 2.07 bits per heavy atom. The second kappa shape index (κ2) is 4.56. The standard InChI is InChI=1S/C12H12Cl2O/c13-11-4-2-9(7-12(11)14)5-8-1-3-10(15)6-8/h2,4,6-7,10,15H,1,3,5H2. The van der Waals surface area contributed by atoms with Crippen LogP contribution in [0.2, 0.25) is 10.0 Å². The predicted octanol–water partition coefficient (Wildman–Crippen LogP) is 3.62. The molecule has 80 valence electrons. The van der Waals surface area contributed by atoms with Gasteiger partial charge in [-0.05, 0) is 37.0 Å². The average molecular weight is 243 g/mol. The van der Waals surface area contributed by atoms with Gasteiger partial charge in [0.1, 0.15) is 0 Å². The molecule has 0 fully saturated rings. The zero-order valence-corrected chi connectivity index (χ0v) is 9.72. The molecule has 1 nitrogen and oxygen atoms in total. The van der Waals surface area contributed by atoms with Gasteiger partial charge in [-0.3, -0.25) is 0 Å². The van der Waals surface area contributed by atoms with Crippen molar-refractivity contribution in [3.05, 3.63) is 45.5 Å². The van der Waals surface area contributed by atoms with Gasteiger partial charge in [-0.25, -0.2) is 0 Å². The van der Waals surface area contributed by atoms with Gasteiger partial charge in [0.05, 0.1) is 16.1 Å². The highest BCUT2D eigenvalue weighted by atomic mass is 35.5. The molecule has 0 aliphatic heterocycles. The summed E-state index contributed by atoms with van der Waals surface area (Å²) in [6.45, 7) is 0. The number of allylic oxidation sites excluding steroid dienone is 1. The van der Waals surface area contributed by atoms with Gasteiger partial charge in [-0.15, -0.1) is 0 Å². The number of hydrogen-bond acceptors (Lipinski definition) is 1.